The Morgan fingerprint density at radius 1 is 1.64 bits per heavy atom. The second-order valence-corrected chi connectivity index (χ2v) is 4.36. The molecular formula is C11H15ClO2. The molecule has 0 heterocycles. The van der Waals surface area contributed by atoms with Crippen LogP contribution in [0.5, 0.6) is 0 Å². The monoisotopic (exact) mass is 214 g/mol. The maximum atomic E-state index is 10.4. The SMILES string of the molecule is C#CC1CC(C)C(COCC(=O)Cl)C1. The number of ether oxygens (including phenoxy) is 1. The molecule has 0 aromatic heterocycles. The van der Waals surface area contributed by atoms with Crippen LogP contribution in [0.2, 0.25) is 0 Å². The second-order valence-electron chi connectivity index (χ2n) is 3.94. The Bertz CT molecular complexity index is 244. The third-order valence-electron chi connectivity index (χ3n) is 2.83. The van der Waals surface area contributed by atoms with Crippen molar-refractivity contribution in [1.29, 1.82) is 0 Å². The molecule has 0 aromatic rings. The van der Waals surface area contributed by atoms with Crippen LogP contribution in [0.3, 0.4) is 0 Å². The Morgan fingerprint density at radius 3 is 2.86 bits per heavy atom. The lowest BCUT2D eigenvalue weighted by atomic mass is 9.99. The van der Waals surface area contributed by atoms with Crippen LogP contribution in [-0.2, 0) is 9.53 Å². The number of carbonyl (C=O) groups is 1. The molecule has 3 heteroatoms. The molecule has 0 saturated heterocycles. The van der Waals surface area contributed by atoms with Crippen LogP contribution in [-0.4, -0.2) is 18.5 Å². The fourth-order valence-corrected chi connectivity index (χ4v) is 2.07. The number of carbonyl (C=O) groups excluding carboxylic acids is 1. The molecule has 3 atom stereocenters. The zero-order valence-electron chi connectivity index (χ0n) is 8.33. The molecular weight excluding hydrogens is 200 g/mol. The molecule has 1 rings (SSSR count). The van der Waals surface area contributed by atoms with E-state index in [0.29, 0.717) is 24.4 Å². The van der Waals surface area contributed by atoms with Gasteiger partial charge in [-0.25, -0.2) is 0 Å². The second kappa shape index (κ2) is 5.38. The number of halogens is 1. The number of rotatable bonds is 4. The Balaban J connectivity index is 2.25. The van der Waals surface area contributed by atoms with Crippen molar-refractivity contribution in [3.05, 3.63) is 0 Å². The van der Waals surface area contributed by atoms with Crippen molar-refractivity contribution in [2.75, 3.05) is 13.2 Å². The standard InChI is InChI=1S/C11H15ClO2/c1-3-9-4-8(2)10(5-9)6-14-7-11(12)13/h1,8-10H,4-7H2,2H3. The normalized spacial score (nSPS) is 31.4. The van der Waals surface area contributed by atoms with Gasteiger partial charge in [0.25, 0.3) is 0 Å². The van der Waals surface area contributed by atoms with E-state index in [0.717, 1.165) is 12.8 Å². The minimum Gasteiger partial charge on any atom is -0.372 e. The van der Waals surface area contributed by atoms with Gasteiger partial charge in [-0.1, -0.05) is 6.92 Å². The van der Waals surface area contributed by atoms with E-state index in [9.17, 15) is 4.79 Å². The average molecular weight is 215 g/mol. The summed E-state index contributed by atoms with van der Waals surface area (Å²) in [6.07, 6.45) is 7.45. The summed E-state index contributed by atoms with van der Waals surface area (Å²) in [6, 6.07) is 0. The number of hydrogen-bond acceptors (Lipinski definition) is 2. The van der Waals surface area contributed by atoms with E-state index in [1.54, 1.807) is 0 Å². The van der Waals surface area contributed by atoms with Crippen molar-refractivity contribution in [3.8, 4) is 12.3 Å². The fraction of sp³-hybridized carbons (Fsp3) is 0.727. The average Bonchev–Trinajstić information content (AvgIpc) is 2.47. The maximum Gasteiger partial charge on any atom is 0.247 e. The first-order valence-electron chi connectivity index (χ1n) is 4.85. The van der Waals surface area contributed by atoms with Crippen LogP contribution in [0.15, 0.2) is 0 Å². The molecule has 1 aliphatic rings. The number of terminal acetylenes is 1. The van der Waals surface area contributed by atoms with E-state index in [4.69, 9.17) is 22.8 Å². The van der Waals surface area contributed by atoms with E-state index in [-0.39, 0.29) is 6.61 Å². The van der Waals surface area contributed by atoms with E-state index in [1.165, 1.54) is 0 Å². The Kier molecular flexibility index (Phi) is 4.44. The summed E-state index contributed by atoms with van der Waals surface area (Å²) in [7, 11) is 0. The molecule has 0 aromatic carbocycles. The van der Waals surface area contributed by atoms with E-state index in [1.807, 2.05) is 0 Å². The van der Waals surface area contributed by atoms with Gasteiger partial charge >= 0.3 is 0 Å². The first-order valence-corrected chi connectivity index (χ1v) is 5.23. The highest BCUT2D eigenvalue weighted by molar-refractivity contribution is 6.63. The third-order valence-corrected chi connectivity index (χ3v) is 2.94. The minimum absolute atomic E-state index is 0.00545. The maximum absolute atomic E-state index is 10.4. The van der Waals surface area contributed by atoms with Gasteiger partial charge in [-0.2, -0.15) is 0 Å². The summed E-state index contributed by atoms with van der Waals surface area (Å²) in [5, 5.41) is -0.441. The lowest BCUT2D eigenvalue weighted by Gasteiger charge is -2.13. The van der Waals surface area contributed by atoms with Crippen molar-refractivity contribution in [3.63, 3.8) is 0 Å². The molecule has 1 aliphatic carbocycles. The Hall–Kier alpha value is -0.520. The summed E-state index contributed by atoms with van der Waals surface area (Å²) >= 11 is 5.16. The van der Waals surface area contributed by atoms with Crippen molar-refractivity contribution in [2.24, 2.45) is 17.8 Å². The van der Waals surface area contributed by atoms with Crippen LogP contribution < -0.4 is 0 Å². The summed E-state index contributed by atoms with van der Waals surface area (Å²) in [4.78, 5) is 10.4. The zero-order chi connectivity index (χ0) is 10.6. The van der Waals surface area contributed by atoms with Gasteiger partial charge in [0.1, 0.15) is 6.61 Å². The fourth-order valence-electron chi connectivity index (χ4n) is 1.99. The lowest BCUT2D eigenvalue weighted by Crippen LogP contribution is -2.14. The van der Waals surface area contributed by atoms with Crippen LogP contribution in [0.25, 0.3) is 0 Å². The van der Waals surface area contributed by atoms with Crippen LogP contribution in [0, 0.1) is 30.1 Å². The smallest absolute Gasteiger partial charge is 0.247 e. The van der Waals surface area contributed by atoms with Crippen LogP contribution in [0.4, 0.5) is 0 Å². The topological polar surface area (TPSA) is 26.3 Å². The highest BCUT2D eigenvalue weighted by Crippen LogP contribution is 2.35. The van der Waals surface area contributed by atoms with Gasteiger partial charge in [0.2, 0.25) is 5.24 Å². The van der Waals surface area contributed by atoms with Crippen molar-refractivity contribution >= 4 is 16.8 Å². The molecule has 14 heavy (non-hydrogen) atoms. The molecule has 0 radical (unpaired) electrons. The van der Waals surface area contributed by atoms with Crippen molar-refractivity contribution in [2.45, 2.75) is 19.8 Å². The molecule has 1 fully saturated rings. The summed E-state index contributed by atoms with van der Waals surface area (Å²) in [6.45, 7) is 2.77. The Morgan fingerprint density at radius 2 is 2.36 bits per heavy atom. The molecule has 3 unspecified atom stereocenters. The van der Waals surface area contributed by atoms with Crippen molar-refractivity contribution < 1.29 is 9.53 Å². The van der Waals surface area contributed by atoms with Crippen LogP contribution >= 0.6 is 11.6 Å². The largest absolute Gasteiger partial charge is 0.372 e. The third kappa shape index (κ3) is 3.32. The van der Waals surface area contributed by atoms with Crippen molar-refractivity contribution in [1.82, 2.24) is 0 Å². The minimum atomic E-state index is -0.441. The zero-order valence-corrected chi connectivity index (χ0v) is 9.09. The lowest BCUT2D eigenvalue weighted by molar-refractivity contribution is -0.116. The summed E-state index contributed by atoms with van der Waals surface area (Å²) < 4.78 is 5.19. The van der Waals surface area contributed by atoms with Gasteiger partial charge in [-0.3, -0.25) is 4.79 Å². The first-order chi connectivity index (χ1) is 6.63. The van der Waals surface area contributed by atoms with Gasteiger partial charge in [0.05, 0.1) is 6.61 Å². The molecule has 0 amide bonds. The molecule has 0 bridgehead atoms. The predicted molar refractivity (Wildman–Crippen MR) is 55.9 cm³/mol. The molecule has 0 spiro atoms. The molecule has 0 N–H and O–H groups in total. The summed E-state index contributed by atoms with van der Waals surface area (Å²) in [5.74, 6) is 4.22. The van der Waals surface area contributed by atoms with E-state index < -0.39 is 5.24 Å². The quantitative estimate of drug-likeness (QED) is 0.529. The molecule has 2 nitrogen and oxygen atoms in total. The number of hydrogen-bond donors (Lipinski definition) is 0. The highest BCUT2D eigenvalue weighted by Gasteiger charge is 2.30. The molecule has 78 valence electrons. The van der Waals surface area contributed by atoms with Gasteiger partial charge in [0, 0.05) is 5.92 Å². The van der Waals surface area contributed by atoms with Gasteiger partial charge in [-0.15, -0.1) is 12.3 Å². The summed E-state index contributed by atoms with van der Waals surface area (Å²) in [5.41, 5.74) is 0. The van der Waals surface area contributed by atoms with Gasteiger partial charge in [0.15, 0.2) is 0 Å². The van der Waals surface area contributed by atoms with E-state index in [2.05, 4.69) is 12.8 Å². The van der Waals surface area contributed by atoms with Crippen LogP contribution in [0.1, 0.15) is 19.8 Å². The van der Waals surface area contributed by atoms with Gasteiger partial charge in [-0.05, 0) is 36.3 Å². The van der Waals surface area contributed by atoms with E-state index >= 15 is 0 Å². The highest BCUT2D eigenvalue weighted by atomic mass is 35.5. The molecule has 0 aliphatic heterocycles. The first kappa shape index (κ1) is 11.6. The Labute approximate surface area is 90.0 Å². The predicted octanol–water partition coefficient (Wildman–Crippen LogP) is 2.06. The molecule has 1 saturated carbocycles. The van der Waals surface area contributed by atoms with Gasteiger partial charge < -0.3 is 4.74 Å².